The molecule has 2 atom stereocenters. The van der Waals surface area contributed by atoms with Crippen LogP contribution in [0.25, 0.3) is 0 Å². The third kappa shape index (κ3) is 3.17. The van der Waals surface area contributed by atoms with Gasteiger partial charge in [0.05, 0.1) is 24.7 Å². The van der Waals surface area contributed by atoms with Crippen LogP contribution >= 0.6 is 0 Å². The molecule has 5 heteroatoms. The lowest BCUT2D eigenvalue weighted by Crippen LogP contribution is -2.41. The molecule has 2 aliphatic heterocycles. The average molecular weight is 325 g/mol. The Morgan fingerprint density at radius 1 is 1.21 bits per heavy atom. The lowest BCUT2D eigenvalue weighted by molar-refractivity contribution is 0.321. The first-order valence-corrected chi connectivity index (χ1v) is 8.65. The van der Waals surface area contributed by atoms with Gasteiger partial charge in [-0.05, 0) is 31.4 Å². The highest BCUT2D eigenvalue weighted by molar-refractivity contribution is 5.51. The van der Waals surface area contributed by atoms with Crippen molar-refractivity contribution in [2.24, 2.45) is 5.92 Å². The smallest absolute Gasteiger partial charge is 0.169 e. The molecular formula is C19H23N3O2. The highest BCUT2D eigenvalue weighted by Gasteiger charge is 2.32. The molecule has 3 heterocycles. The summed E-state index contributed by atoms with van der Waals surface area (Å²) in [5.41, 5.74) is 1.12. The summed E-state index contributed by atoms with van der Waals surface area (Å²) in [6, 6.07) is 10.4. The van der Waals surface area contributed by atoms with Gasteiger partial charge in [0, 0.05) is 31.7 Å². The van der Waals surface area contributed by atoms with Crippen LogP contribution in [0.4, 0.5) is 5.69 Å². The van der Waals surface area contributed by atoms with E-state index in [9.17, 15) is 0 Å². The fourth-order valence-electron chi connectivity index (χ4n) is 3.62. The summed E-state index contributed by atoms with van der Waals surface area (Å²) in [4.78, 5) is 6.78. The number of hydrogen-bond acceptors (Lipinski definition) is 5. The van der Waals surface area contributed by atoms with Gasteiger partial charge >= 0.3 is 0 Å². The second-order valence-corrected chi connectivity index (χ2v) is 6.47. The fourth-order valence-corrected chi connectivity index (χ4v) is 3.62. The summed E-state index contributed by atoms with van der Waals surface area (Å²) in [6.45, 7) is 5.84. The van der Waals surface area contributed by atoms with Gasteiger partial charge < -0.3 is 19.7 Å². The number of nitrogens with zero attached hydrogens (tertiary/aromatic N) is 2. The van der Waals surface area contributed by atoms with Gasteiger partial charge in [0.15, 0.2) is 11.5 Å². The molecule has 1 N–H and O–H groups in total. The van der Waals surface area contributed by atoms with Crippen molar-refractivity contribution in [1.29, 1.82) is 0 Å². The minimum Gasteiger partial charge on any atom is -0.490 e. The van der Waals surface area contributed by atoms with E-state index in [4.69, 9.17) is 9.47 Å². The summed E-state index contributed by atoms with van der Waals surface area (Å²) in [5, 5.41) is 3.58. The lowest BCUT2D eigenvalue weighted by Gasteiger charge is -2.32. The van der Waals surface area contributed by atoms with Gasteiger partial charge in [-0.25, -0.2) is 0 Å². The topological polar surface area (TPSA) is 46.6 Å². The maximum absolute atomic E-state index is 6.03. The molecule has 2 fully saturated rings. The SMILES string of the molecule is CCOc1ccccc1Oc1cncc(N2CC3CNC(C3)C2)c1. The first-order chi connectivity index (χ1) is 11.8. The number of ether oxygens (including phenoxy) is 2. The third-order valence-electron chi connectivity index (χ3n) is 4.67. The molecule has 1 aromatic carbocycles. The van der Waals surface area contributed by atoms with Gasteiger partial charge in [-0.1, -0.05) is 12.1 Å². The molecule has 2 aliphatic rings. The van der Waals surface area contributed by atoms with Crippen molar-refractivity contribution in [1.82, 2.24) is 10.3 Å². The molecule has 2 unspecified atom stereocenters. The minimum atomic E-state index is 0.604. The van der Waals surface area contributed by atoms with E-state index in [0.717, 1.165) is 48.5 Å². The van der Waals surface area contributed by atoms with E-state index >= 15 is 0 Å². The van der Waals surface area contributed by atoms with E-state index < -0.39 is 0 Å². The second kappa shape index (κ2) is 6.69. The van der Waals surface area contributed by atoms with Crippen molar-refractivity contribution in [2.75, 3.05) is 31.1 Å². The average Bonchev–Trinajstić information content (AvgIpc) is 2.95. The number of fused-ring (bicyclic) bond motifs is 2. The van der Waals surface area contributed by atoms with Crippen molar-refractivity contribution < 1.29 is 9.47 Å². The van der Waals surface area contributed by atoms with Crippen LogP contribution in [0.3, 0.4) is 0 Å². The molecule has 5 nitrogen and oxygen atoms in total. The third-order valence-corrected chi connectivity index (χ3v) is 4.67. The molecule has 0 amide bonds. The number of nitrogens with one attached hydrogen (secondary N) is 1. The Kier molecular flexibility index (Phi) is 4.26. The number of para-hydroxylation sites is 2. The normalized spacial score (nSPS) is 22.5. The first-order valence-electron chi connectivity index (χ1n) is 8.65. The van der Waals surface area contributed by atoms with Crippen molar-refractivity contribution in [2.45, 2.75) is 19.4 Å². The van der Waals surface area contributed by atoms with E-state index in [1.165, 1.54) is 6.42 Å². The zero-order chi connectivity index (χ0) is 16.4. The second-order valence-electron chi connectivity index (χ2n) is 6.47. The summed E-state index contributed by atoms with van der Waals surface area (Å²) >= 11 is 0. The van der Waals surface area contributed by atoms with Crippen LogP contribution in [0.1, 0.15) is 13.3 Å². The number of hydrogen-bond donors (Lipinski definition) is 1. The lowest BCUT2D eigenvalue weighted by atomic mass is 10.00. The van der Waals surface area contributed by atoms with Gasteiger partial charge in [0.25, 0.3) is 0 Å². The largest absolute Gasteiger partial charge is 0.490 e. The van der Waals surface area contributed by atoms with Crippen LogP contribution in [0.5, 0.6) is 17.2 Å². The zero-order valence-corrected chi connectivity index (χ0v) is 13.9. The van der Waals surface area contributed by atoms with E-state index in [0.29, 0.717) is 12.6 Å². The molecule has 0 spiro atoms. The summed E-state index contributed by atoms with van der Waals surface area (Å²) in [5.74, 6) is 2.96. The molecule has 0 saturated carbocycles. The Labute approximate surface area is 142 Å². The number of aromatic nitrogens is 1. The molecule has 0 radical (unpaired) electrons. The van der Waals surface area contributed by atoms with Crippen LogP contribution in [-0.4, -0.2) is 37.3 Å². The Hall–Kier alpha value is -2.27. The maximum Gasteiger partial charge on any atom is 0.169 e. The van der Waals surface area contributed by atoms with Crippen LogP contribution in [0.15, 0.2) is 42.7 Å². The number of rotatable bonds is 5. The number of pyridine rings is 1. The number of anilines is 1. The Morgan fingerprint density at radius 3 is 2.92 bits per heavy atom. The van der Waals surface area contributed by atoms with E-state index in [1.54, 1.807) is 6.20 Å². The molecular weight excluding hydrogens is 302 g/mol. The predicted octanol–water partition coefficient (Wildman–Crippen LogP) is 3.07. The van der Waals surface area contributed by atoms with Crippen LogP contribution < -0.4 is 19.7 Å². The highest BCUT2D eigenvalue weighted by Crippen LogP contribution is 2.33. The quantitative estimate of drug-likeness (QED) is 0.915. The monoisotopic (exact) mass is 325 g/mol. The zero-order valence-electron chi connectivity index (χ0n) is 13.9. The van der Waals surface area contributed by atoms with E-state index in [2.05, 4.69) is 21.3 Å². The van der Waals surface area contributed by atoms with Crippen molar-refractivity contribution >= 4 is 5.69 Å². The van der Waals surface area contributed by atoms with Crippen LogP contribution in [-0.2, 0) is 0 Å². The van der Waals surface area contributed by atoms with Crippen LogP contribution in [0.2, 0.25) is 0 Å². The molecule has 2 saturated heterocycles. The van der Waals surface area contributed by atoms with Gasteiger partial charge in [-0.15, -0.1) is 0 Å². The molecule has 0 aliphatic carbocycles. The van der Waals surface area contributed by atoms with Gasteiger partial charge in [-0.2, -0.15) is 0 Å². The summed E-state index contributed by atoms with van der Waals surface area (Å²) in [6.07, 6.45) is 4.97. The molecule has 24 heavy (non-hydrogen) atoms. The van der Waals surface area contributed by atoms with Gasteiger partial charge in [-0.3, -0.25) is 4.98 Å². The molecule has 2 bridgehead atoms. The fraction of sp³-hybridized carbons (Fsp3) is 0.421. The van der Waals surface area contributed by atoms with Crippen molar-refractivity contribution in [3.05, 3.63) is 42.7 Å². The van der Waals surface area contributed by atoms with Crippen molar-refractivity contribution in [3.8, 4) is 17.2 Å². The summed E-state index contributed by atoms with van der Waals surface area (Å²) < 4.78 is 11.7. The summed E-state index contributed by atoms with van der Waals surface area (Å²) in [7, 11) is 0. The minimum absolute atomic E-state index is 0.604. The highest BCUT2D eigenvalue weighted by atomic mass is 16.5. The maximum atomic E-state index is 6.03. The van der Waals surface area contributed by atoms with Crippen LogP contribution in [0, 0.1) is 5.92 Å². The van der Waals surface area contributed by atoms with Gasteiger partial charge in [0.1, 0.15) is 5.75 Å². The van der Waals surface area contributed by atoms with E-state index in [1.807, 2.05) is 37.4 Å². The molecule has 1 aromatic heterocycles. The Bertz CT molecular complexity index is 695. The van der Waals surface area contributed by atoms with Crippen molar-refractivity contribution in [3.63, 3.8) is 0 Å². The predicted molar refractivity (Wildman–Crippen MR) is 94.0 cm³/mol. The number of benzene rings is 1. The first kappa shape index (κ1) is 15.3. The Balaban J connectivity index is 1.53. The molecule has 126 valence electrons. The van der Waals surface area contributed by atoms with Gasteiger partial charge in [0.2, 0.25) is 0 Å². The molecule has 4 rings (SSSR count). The molecule has 2 aromatic rings. The standard InChI is InChI=1S/C19H23N3O2/c1-2-23-18-5-3-4-6-19(18)24-17-8-16(10-20-11-17)22-12-14-7-15(13-22)21-9-14/h3-6,8,10-11,14-15,21H,2,7,9,12-13H2,1H3. The Morgan fingerprint density at radius 2 is 2.08 bits per heavy atom. The number of piperidine rings is 1. The van der Waals surface area contributed by atoms with E-state index in [-0.39, 0.29) is 0 Å².